The van der Waals surface area contributed by atoms with Crippen molar-refractivity contribution in [2.24, 2.45) is 5.92 Å². The summed E-state index contributed by atoms with van der Waals surface area (Å²) in [6.07, 6.45) is 3.22. The fourth-order valence-corrected chi connectivity index (χ4v) is 3.82. The van der Waals surface area contributed by atoms with E-state index in [9.17, 15) is 5.11 Å². The molecule has 0 spiro atoms. The Morgan fingerprint density at radius 2 is 1.78 bits per heavy atom. The summed E-state index contributed by atoms with van der Waals surface area (Å²) < 4.78 is 5.82. The molecule has 0 saturated carbocycles. The average Bonchev–Trinajstić information content (AvgIpc) is 2.64. The Hall–Kier alpha value is -1.26. The largest absolute Gasteiger partial charge is 0.456 e. The highest BCUT2D eigenvalue weighted by Gasteiger charge is 2.25. The molecule has 1 atom stereocenters. The zero-order valence-corrected chi connectivity index (χ0v) is 17.4. The van der Waals surface area contributed by atoms with Crippen molar-refractivity contribution in [2.75, 3.05) is 19.6 Å². The van der Waals surface area contributed by atoms with Gasteiger partial charge in [0.1, 0.15) is 11.5 Å². The molecule has 27 heavy (non-hydrogen) atoms. The lowest BCUT2D eigenvalue weighted by Crippen LogP contribution is -2.36. The van der Waals surface area contributed by atoms with E-state index in [1.54, 1.807) is 18.2 Å². The Bertz CT molecular complexity index is 753. The number of aliphatic hydroxyl groups is 1. The van der Waals surface area contributed by atoms with Crippen LogP contribution in [0.2, 0.25) is 10.0 Å². The minimum Gasteiger partial charge on any atom is -0.456 e. The predicted octanol–water partition coefficient (Wildman–Crippen LogP) is 6.12. The summed E-state index contributed by atoms with van der Waals surface area (Å²) >= 11 is 12.1. The van der Waals surface area contributed by atoms with E-state index >= 15 is 0 Å². The van der Waals surface area contributed by atoms with Crippen LogP contribution >= 0.6 is 23.2 Å². The molecule has 1 aliphatic rings. The van der Waals surface area contributed by atoms with Gasteiger partial charge in [0, 0.05) is 11.6 Å². The molecule has 1 saturated heterocycles. The molecule has 0 amide bonds. The maximum absolute atomic E-state index is 10.9. The highest BCUT2D eigenvalue weighted by molar-refractivity contribution is 6.35. The summed E-state index contributed by atoms with van der Waals surface area (Å²) in [6, 6.07) is 12.7. The summed E-state index contributed by atoms with van der Waals surface area (Å²) in [5, 5.41) is 12.0. The first-order chi connectivity index (χ1) is 12.8. The van der Waals surface area contributed by atoms with Crippen LogP contribution in [0.4, 0.5) is 0 Å². The molecule has 5 heteroatoms. The summed E-state index contributed by atoms with van der Waals surface area (Å²) in [6.45, 7) is 7.37. The summed E-state index contributed by atoms with van der Waals surface area (Å²) in [7, 11) is 0. The topological polar surface area (TPSA) is 32.7 Å². The van der Waals surface area contributed by atoms with Crippen molar-refractivity contribution in [3.05, 3.63) is 58.1 Å². The molecule has 2 aromatic rings. The Morgan fingerprint density at radius 3 is 2.41 bits per heavy atom. The van der Waals surface area contributed by atoms with Gasteiger partial charge in [-0.05, 0) is 81.1 Å². The number of likely N-dealkylation sites (tertiary alicyclic amines) is 1. The Kier molecular flexibility index (Phi) is 6.69. The predicted molar refractivity (Wildman–Crippen MR) is 112 cm³/mol. The van der Waals surface area contributed by atoms with E-state index in [4.69, 9.17) is 27.9 Å². The van der Waals surface area contributed by atoms with Crippen molar-refractivity contribution in [1.29, 1.82) is 0 Å². The van der Waals surface area contributed by atoms with Crippen LogP contribution in [0, 0.1) is 5.92 Å². The van der Waals surface area contributed by atoms with E-state index in [0.717, 1.165) is 31.1 Å². The number of rotatable bonds is 6. The lowest BCUT2D eigenvalue weighted by Gasteiger charge is -2.33. The van der Waals surface area contributed by atoms with Gasteiger partial charge in [0.2, 0.25) is 0 Å². The first-order valence-electron chi connectivity index (χ1n) is 9.52. The highest BCUT2D eigenvalue weighted by Crippen LogP contribution is 2.33. The number of hydrogen-bond donors (Lipinski definition) is 1. The van der Waals surface area contributed by atoms with E-state index in [2.05, 4.69) is 11.8 Å². The maximum Gasteiger partial charge on any atom is 0.146 e. The maximum atomic E-state index is 10.9. The van der Waals surface area contributed by atoms with Crippen LogP contribution in [0.5, 0.6) is 11.5 Å². The van der Waals surface area contributed by atoms with Crippen LogP contribution < -0.4 is 4.74 Å². The molecule has 1 fully saturated rings. The minimum absolute atomic E-state index is 0.467. The number of ether oxygens (including phenoxy) is 1. The molecule has 0 radical (unpaired) electrons. The first kappa shape index (κ1) is 20.5. The molecular formula is C22H27Cl2NO2. The van der Waals surface area contributed by atoms with E-state index in [1.165, 1.54) is 12.8 Å². The lowest BCUT2D eigenvalue weighted by atomic mass is 9.91. The molecule has 1 unspecified atom stereocenters. The SMILES string of the molecule is CC1CCN(CCC(C)(O)c2ccc(Oc3ccc(Cl)cc3Cl)cc2)CC1. The van der Waals surface area contributed by atoms with Crippen LogP contribution in [0.15, 0.2) is 42.5 Å². The van der Waals surface area contributed by atoms with E-state index in [-0.39, 0.29) is 0 Å². The molecule has 0 bridgehead atoms. The fourth-order valence-electron chi connectivity index (χ4n) is 3.37. The normalized spacial score (nSPS) is 18.3. The van der Waals surface area contributed by atoms with Crippen LogP contribution in [0.1, 0.15) is 38.7 Å². The number of halogens is 2. The molecule has 0 aliphatic carbocycles. The van der Waals surface area contributed by atoms with Crippen LogP contribution in [-0.4, -0.2) is 29.6 Å². The van der Waals surface area contributed by atoms with Gasteiger partial charge in [-0.2, -0.15) is 0 Å². The molecule has 0 aromatic heterocycles. The zero-order valence-electron chi connectivity index (χ0n) is 15.9. The van der Waals surface area contributed by atoms with Crippen molar-refractivity contribution in [3.63, 3.8) is 0 Å². The zero-order chi connectivity index (χ0) is 19.4. The van der Waals surface area contributed by atoms with Gasteiger partial charge < -0.3 is 14.7 Å². The average molecular weight is 408 g/mol. The van der Waals surface area contributed by atoms with Gasteiger partial charge in [0.25, 0.3) is 0 Å². The highest BCUT2D eigenvalue weighted by atomic mass is 35.5. The van der Waals surface area contributed by atoms with Crippen molar-refractivity contribution >= 4 is 23.2 Å². The second-order valence-electron chi connectivity index (χ2n) is 7.75. The van der Waals surface area contributed by atoms with Gasteiger partial charge in [-0.25, -0.2) is 0 Å². The van der Waals surface area contributed by atoms with Crippen LogP contribution in [0.25, 0.3) is 0 Å². The minimum atomic E-state index is -0.862. The van der Waals surface area contributed by atoms with Crippen molar-refractivity contribution in [2.45, 2.75) is 38.7 Å². The smallest absolute Gasteiger partial charge is 0.146 e. The van der Waals surface area contributed by atoms with Crippen LogP contribution in [0.3, 0.4) is 0 Å². The fraction of sp³-hybridized carbons (Fsp3) is 0.455. The number of nitrogens with zero attached hydrogens (tertiary/aromatic N) is 1. The second-order valence-corrected chi connectivity index (χ2v) is 8.59. The van der Waals surface area contributed by atoms with Crippen LogP contribution in [-0.2, 0) is 5.60 Å². The Morgan fingerprint density at radius 1 is 1.11 bits per heavy atom. The first-order valence-corrected chi connectivity index (χ1v) is 10.3. The Labute approximate surface area is 171 Å². The van der Waals surface area contributed by atoms with Gasteiger partial charge in [-0.15, -0.1) is 0 Å². The molecule has 1 N–H and O–H groups in total. The van der Waals surface area contributed by atoms with Crippen molar-refractivity contribution in [1.82, 2.24) is 4.90 Å². The van der Waals surface area contributed by atoms with Gasteiger partial charge in [0.05, 0.1) is 10.6 Å². The third-order valence-corrected chi connectivity index (χ3v) is 5.92. The molecule has 3 rings (SSSR count). The quantitative estimate of drug-likeness (QED) is 0.626. The van der Waals surface area contributed by atoms with Gasteiger partial charge in [0.15, 0.2) is 0 Å². The van der Waals surface area contributed by atoms with E-state index in [0.29, 0.717) is 28.0 Å². The monoisotopic (exact) mass is 407 g/mol. The molecule has 146 valence electrons. The third-order valence-electron chi connectivity index (χ3n) is 5.39. The number of benzene rings is 2. The lowest BCUT2D eigenvalue weighted by molar-refractivity contribution is 0.0319. The van der Waals surface area contributed by atoms with Gasteiger partial charge >= 0.3 is 0 Å². The van der Waals surface area contributed by atoms with Gasteiger partial charge in [-0.1, -0.05) is 42.3 Å². The summed E-state index contributed by atoms with van der Waals surface area (Å²) in [4.78, 5) is 2.45. The summed E-state index contributed by atoms with van der Waals surface area (Å²) in [5.41, 5.74) is 0.0295. The van der Waals surface area contributed by atoms with E-state index in [1.807, 2.05) is 31.2 Å². The van der Waals surface area contributed by atoms with E-state index < -0.39 is 5.60 Å². The van der Waals surface area contributed by atoms with Gasteiger partial charge in [-0.3, -0.25) is 0 Å². The summed E-state index contributed by atoms with van der Waals surface area (Å²) in [5.74, 6) is 2.05. The molecular weight excluding hydrogens is 381 g/mol. The second kappa shape index (κ2) is 8.83. The standard InChI is InChI=1S/C22H27Cl2NO2/c1-16-9-12-25(13-10-16)14-11-22(2,26)17-3-6-19(7-4-17)27-21-8-5-18(23)15-20(21)24/h3-8,15-16,26H,9-14H2,1-2H3. The van der Waals surface area contributed by atoms with Crippen molar-refractivity contribution in [3.8, 4) is 11.5 Å². The number of piperidine rings is 1. The Balaban J connectivity index is 1.59. The molecule has 2 aromatic carbocycles. The van der Waals surface area contributed by atoms with Crippen molar-refractivity contribution < 1.29 is 9.84 Å². The molecule has 3 nitrogen and oxygen atoms in total. The number of hydrogen-bond acceptors (Lipinski definition) is 3. The molecule has 1 heterocycles. The molecule has 1 aliphatic heterocycles. The third kappa shape index (κ3) is 5.61.